The molecule has 1 nitrogen and oxygen atoms in total. The van der Waals surface area contributed by atoms with Crippen LogP contribution in [0.4, 0.5) is 5.69 Å². The zero-order valence-corrected chi connectivity index (χ0v) is 7.96. The summed E-state index contributed by atoms with van der Waals surface area (Å²) in [7, 11) is 0. The lowest BCUT2D eigenvalue weighted by Crippen LogP contribution is -1.93. The molecule has 0 amide bonds. The van der Waals surface area contributed by atoms with E-state index in [4.69, 9.17) is 5.73 Å². The van der Waals surface area contributed by atoms with Gasteiger partial charge in [-0.2, -0.15) is 0 Å². The summed E-state index contributed by atoms with van der Waals surface area (Å²) >= 11 is 1.75. The van der Waals surface area contributed by atoms with Gasteiger partial charge in [-0.15, -0.1) is 11.8 Å². The van der Waals surface area contributed by atoms with Crippen molar-refractivity contribution in [2.75, 3.05) is 12.0 Å². The summed E-state index contributed by atoms with van der Waals surface area (Å²) in [5.74, 6) is 0. The van der Waals surface area contributed by atoms with Gasteiger partial charge in [0.1, 0.15) is 0 Å². The first-order valence-corrected chi connectivity index (χ1v) is 4.78. The summed E-state index contributed by atoms with van der Waals surface area (Å²) in [4.78, 5) is 1.29. The molecule has 0 spiro atoms. The van der Waals surface area contributed by atoms with E-state index in [0.717, 1.165) is 5.69 Å². The highest BCUT2D eigenvalue weighted by Gasteiger charge is 1.99. The summed E-state index contributed by atoms with van der Waals surface area (Å²) in [5, 5.41) is 0. The van der Waals surface area contributed by atoms with Crippen LogP contribution < -0.4 is 5.73 Å². The van der Waals surface area contributed by atoms with Crippen LogP contribution in [0.3, 0.4) is 0 Å². The first-order valence-electron chi connectivity index (χ1n) is 3.56. The fourth-order valence-corrected chi connectivity index (χ4v) is 1.64. The number of rotatable bonds is 1. The second kappa shape index (κ2) is 3.18. The Hall–Kier alpha value is -0.630. The van der Waals surface area contributed by atoms with Crippen molar-refractivity contribution in [3.05, 3.63) is 23.3 Å². The molecular weight excluding hydrogens is 154 g/mol. The Bertz CT molecular complexity index is 245. The maximum absolute atomic E-state index is 5.80. The molecule has 0 saturated carbocycles. The lowest BCUT2D eigenvalue weighted by Gasteiger charge is -2.06. The number of aryl methyl sites for hydroxylation is 2. The molecule has 0 aliphatic carbocycles. The maximum Gasteiger partial charge on any atom is 0.0374 e. The minimum atomic E-state index is 0.919. The van der Waals surface area contributed by atoms with E-state index in [9.17, 15) is 0 Å². The normalized spacial score (nSPS) is 10.1. The van der Waals surface area contributed by atoms with Gasteiger partial charge in [0.05, 0.1) is 0 Å². The van der Waals surface area contributed by atoms with Gasteiger partial charge in [0.25, 0.3) is 0 Å². The smallest absolute Gasteiger partial charge is 0.0374 e. The fourth-order valence-electron chi connectivity index (χ4n) is 1.05. The van der Waals surface area contributed by atoms with E-state index < -0.39 is 0 Å². The van der Waals surface area contributed by atoms with Gasteiger partial charge in [-0.25, -0.2) is 0 Å². The minimum absolute atomic E-state index is 0.919. The number of hydrogen-bond donors (Lipinski definition) is 1. The Morgan fingerprint density at radius 3 is 2.00 bits per heavy atom. The largest absolute Gasteiger partial charge is 0.398 e. The first kappa shape index (κ1) is 8.47. The van der Waals surface area contributed by atoms with Crippen LogP contribution in [0.5, 0.6) is 0 Å². The van der Waals surface area contributed by atoms with Gasteiger partial charge in [0.2, 0.25) is 0 Å². The Labute approximate surface area is 72.0 Å². The molecule has 2 heteroatoms. The molecular formula is C9H13NS. The number of benzene rings is 1. The number of anilines is 1. The molecule has 60 valence electrons. The van der Waals surface area contributed by atoms with Crippen LogP contribution in [0.1, 0.15) is 11.1 Å². The molecule has 0 heterocycles. The van der Waals surface area contributed by atoms with E-state index in [0.29, 0.717) is 0 Å². The van der Waals surface area contributed by atoms with Crippen LogP contribution in [-0.4, -0.2) is 6.26 Å². The highest BCUT2D eigenvalue weighted by Crippen LogP contribution is 2.23. The molecule has 0 fully saturated rings. The Morgan fingerprint density at radius 1 is 1.18 bits per heavy atom. The summed E-state index contributed by atoms with van der Waals surface area (Å²) in [6.07, 6.45) is 2.07. The van der Waals surface area contributed by atoms with E-state index in [1.54, 1.807) is 11.8 Å². The lowest BCUT2D eigenvalue weighted by atomic mass is 10.1. The zero-order valence-electron chi connectivity index (χ0n) is 7.14. The molecule has 0 saturated heterocycles. The fraction of sp³-hybridized carbons (Fsp3) is 0.333. The lowest BCUT2D eigenvalue weighted by molar-refractivity contribution is 1.30. The summed E-state index contributed by atoms with van der Waals surface area (Å²) in [5.41, 5.74) is 9.07. The third-order valence-corrected chi connectivity index (χ3v) is 2.51. The van der Waals surface area contributed by atoms with Crippen LogP contribution in [0, 0.1) is 13.8 Å². The summed E-state index contributed by atoms with van der Waals surface area (Å²) < 4.78 is 0. The van der Waals surface area contributed by atoms with Crippen LogP contribution in [-0.2, 0) is 0 Å². The average molecular weight is 167 g/mol. The monoisotopic (exact) mass is 167 g/mol. The van der Waals surface area contributed by atoms with Gasteiger partial charge in [0, 0.05) is 10.6 Å². The van der Waals surface area contributed by atoms with Crippen LogP contribution in [0.15, 0.2) is 17.0 Å². The van der Waals surface area contributed by atoms with Crippen LogP contribution >= 0.6 is 11.8 Å². The van der Waals surface area contributed by atoms with E-state index in [2.05, 4.69) is 18.4 Å². The second-order valence-corrected chi connectivity index (χ2v) is 3.55. The average Bonchev–Trinajstić information content (AvgIpc) is 1.99. The minimum Gasteiger partial charge on any atom is -0.398 e. The molecule has 0 radical (unpaired) electrons. The van der Waals surface area contributed by atoms with Crippen molar-refractivity contribution in [2.24, 2.45) is 0 Å². The van der Waals surface area contributed by atoms with E-state index in [1.807, 2.05) is 13.8 Å². The van der Waals surface area contributed by atoms with Gasteiger partial charge < -0.3 is 5.73 Å². The predicted molar refractivity (Wildman–Crippen MR) is 52.1 cm³/mol. The highest BCUT2D eigenvalue weighted by molar-refractivity contribution is 7.98. The van der Waals surface area contributed by atoms with Crippen LogP contribution in [0.25, 0.3) is 0 Å². The molecule has 0 bridgehead atoms. The topological polar surface area (TPSA) is 26.0 Å². The molecule has 1 aromatic carbocycles. The first-order chi connectivity index (χ1) is 5.15. The third-order valence-electron chi connectivity index (χ3n) is 1.80. The summed E-state index contributed by atoms with van der Waals surface area (Å²) in [6, 6.07) is 4.24. The van der Waals surface area contributed by atoms with Gasteiger partial charge in [-0.05, 0) is 43.4 Å². The third kappa shape index (κ3) is 1.69. The van der Waals surface area contributed by atoms with Crippen molar-refractivity contribution in [1.29, 1.82) is 0 Å². The number of hydrogen-bond acceptors (Lipinski definition) is 2. The van der Waals surface area contributed by atoms with Gasteiger partial charge in [-0.3, -0.25) is 0 Å². The standard InChI is InChI=1S/C9H13NS/c1-6-4-8(11-3)5-7(2)9(6)10/h4-5H,10H2,1-3H3. The Morgan fingerprint density at radius 2 is 1.64 bits per heavy atom. The van der Waals surface area contributed by atoms with Crippen LogP contribution in [0.2, 0.25) is 0 Å². The predicted octanol–water partition coefficient (Wildman–Crippen LogP) is 2.61. The van der Waals surface area contributed by atoms with Crippen molar-refractivity contribution in [3.63, 3.8) is 0 Å². The van der Waals surface area contributed by atoms with Gasteiger partial charge in [-0.1, -0.05) is 0 Å². The number of nitrogen functional groups attached to an aromatic ring is 1. The summed E-state index contributed by atoms with van der Waals surface area (Å²) in [6.45, 7) is 4.09. The van der Waals surface area contributed by atoms with E-state index in [-0.39, 0.29) is 0 Å². The van der Waals surface area contributed by atoms with Crippen molar-refractivity contribution in [1.82, 2.24) is 0 Å². The molecule has 1 aromatic rings. The molecule has 1 rings (SSSR count). The quantitative estimate of drug-likeness (QED) is 0.514. The molecule has 0 unspecified atom stereocenters. The van der Waals surface area contributed by atoms with Crippen molar-refractivity contribution in [3.8, 4) is 0 Å². The molecule has 0 aliphatic rings. The molecule has 11 heavy (non-hydrogen) atoms. The van der Waals surface area contributed by atoms with Gasteiger partial charge >= 0.3 is 0 Å². The zero-order chi connectivity index (χ0) is 8.43. The SMILES string of the molecule is CSc1cc(C)c(N)c(C)c1. The second-order valence-electron chi connectivity index (χ2n) is 2.67. The van der Waals surface area contributed by atoms with Gasteiger partial charge in [0.15, 0.2) is 0 Å². The van der Waals surface area contributed by atoms with Crippen molar-refractivity contribution < 1.29 is 0 Å². The molecule has 0 aromatic heterocycles. The maximum atomic E-state index is 5.80. The molecule has 2 N–H and O–H groups in total. The van der Waals surface area contributed by atoms with E-state index in [1.165, 1.54) is 16.0 Å². The van der Waals surface area contributed by atoms with Crippen molar-refractivity contribution in [2.45, 2.75) is 18.7 Å². The molecule has 0 aliphatic heterocycles. The van der Waals surface area contributed by atoms with Crippen molar-refractivity contribution >= 4 is 17.4 Å². The highest BCUT2D eigenvalue weighted by atomic mass is 32.2. The Balaban J connectivity index is 3.21. The van der Waals surface area contributed by atoms with E-state index >= 15 is 0 Å². The number of nitrogens with two attached hydrogens (primary N) is 1. The Kier molecular flexibility index (Phi) is 2.45. The number of thioether (sulfide) groups is 1. The molecule has 0 atom stereocenters.